The van der Waals surface area contributed by atoms with E-state index in [1.165, 1.54) is 12.8 Å². The third-order valence-corrected chi connectivity index (χ3v) is 2.23. The van der Waals surface area contributed by atoms with Crippen molar-refractivity contribution in [1.29, 1.82) is 0 Å². The average molecular weight is 242 g/mol. The minimum Gasteiger partial charge on any atom is -0.426 e. The fourth-order valence-electron chi connectivity index (χ4n) is 0.788. The standard InChI is InChI=1S/C8H9O3P.C4H10/c1-7(11-12(9)10)8-5-3-2-4-6-8;1-3-4-2/h2-6,12H,1H2,(H,9,10);3-4H2,1-2H3. The third-order valence-electron chi connectivity index (χ3n) is 1.81. The van der Waals surface area contributed by atoms with Gasteiger partial charge in [-0.2, -0.15) is 0 Å². The van der Waals surface area contributed by atoms with Crippen LogP contribution in [0.2, 0.25) is 0 Å². The second kappa shape index (κ2) is 9.20. The highest BCUT2D eigenvalue weighted by atomic mass is 31.1. The first-order valence-electron chi connectivity index (χ1n) is 5.26. The smallest absolute Gasteiger partial charge is 0.365 e. The molecule has 0 saturated carbocycles. The largest absolute Gasteiger partial charge is 0.426 e. The van der Waals surface area contributed by atoms with Gasteiger partial charge in [0.15, 0.2) is 0 Å². The highest BCUT2D eigenvalue weighted by molar-refractivity contribution is 7.32. The molecule has 0 aliphatic rings. The van der Waals surface area contributed by atoms with Crippen LogP contribution in [0.15, 0.2) is 36.9 Å². The van der Waals surface area contributed by atoms with Crippen LogP contribution in [-0.4, -0.2) is 4.89 Å². The summed E-state index contributed by atoms with van der Waals surface area (Å²) in [5.74, 6) is 0.224. The number of rotatable bonds is 4. The van der Waals surface area contributed by atoms with Crippen molar-refractivity contribution in [2.24, 2.45) is 0 Å². The molecule has 0 aromatic heterocycles. The van der Waals surface area contributed by atoms with Gasteiger partial charge in [0.1, 0.15) is 5.76 Å². The summed E-state index contributed by atoms with van der Waals surface area (Å²) < 4.78 is 14.8. The summed E-state index contributed by atoms with van der Waals surface area (Å²) >= 11 is 0. The summed E-state index contributed by atoms with van der Waals surface area (Å²) in [6.45, 7) is 7.87. The van der Waals surface area contributed by atoms with Crippen LogP contribution in [0.1, 0.15) is 32.3 Å². The van der Waals surface area contributed by atoms with Crippen LogP contribution in [0.25, 0.3) is 5.76 Å². The van der Waals surface area contributed by atoms with Gasteiger partial charge in [0, 0.05) is 5.56 Å². The summed E-state index contributed by atoms with van der Waals surface area (Å²) in [5, 5.41) is 0. The summed E-state index contributed by atoms with van der Waals surface area (Å²) in [6, 6.07) is 8.97. The molecule has 0 heterocycles. The molecule has 0 amide bonds. The lowest BCUT2D eigenvalue weighted by molar-refractivity contribution is 0.393. The Morgan fingerprint density at radius 3 is 2.19 bits per heavy atom. The normalized spacial score (nSPS) is 10.9. The summed E-state index contributed by atoms with van der Waals surface area (Å²) in [5.41, 5.74) is 0.713. The molecule has 0 fully saturated rings. The highest BCUT2D eigenvalue weighted by Crippen LogP contribution is 2.25. The summed E-state index contributed by atoms with van der Waals surface area (Å²) in [7, 11) is -2.93. The van der Waals surface area contributed by atoms with Crippen molar-refractivity contribution >= 4 is 14.0 Å². The molecule has 90 valence electrons. The predicted octanol–water partition coefficient (Wildman–Crippen LogP) is 3.86. The maximum atomic E-state index is 10.3. The molecule has 3 nitrogen and oxygen atoms in total. The van der Waals surface area contributed by atoms with E-state index in [-0.39, 0.29) is 5.76 Å². The lowest BCUT2D eigenvalue weighted by Crippen LogP contribution is -1.81. The molecule has 1 aromatic carbocycles. The number of benzene rings is 1. The van der Waals surface area contributed by atoms with Crippen LogP contribution in [0.4, 0.5) is 0 Å². The lowest BCUT2D eigenvalue weighted by Gasteiger charge is -2.04. The average Bonchev–Trinajstić information content (AvgIpc) is 2.30. The van der Waals surface area contributed by atoms with Crippen molar-refractivity contribution in [2.75, 3.05) is 0 Å². The van der Waals surface area contributed by atoms with Crippen molar-refractivity contribution < 1.29 is 14.0 Å². The van der Waals surface area contributed by atoms with Gasteiger partial charge in [-0.1, -0.05) is 63.6 Å². The topological polar surface area (TPSA) is 46.5 Å². The van der Waals surface area contributed by atoms with Crippen molar-refractivity contribution in [3.63, 3.8) is 0 Å². The van der Waals surface area contributed by atoms with Crippen LogP contribution in [0, 0.1) is 0 Å². The molecule has 1 aromatic rings. The minimum absolute atomic E-state index is 0.224. The number of unbranched alkanes of at least 4 members (excludes halogenated alkanes) is 1. The summed E-state index contributed by atoms with van der Waals surface area (Å²) in [4.78, 5) is 8.45. The molecular weight excluding hydrogens is 223 g/mol. The molecule has 0 spiro atoms. The fraction of sp³-hybridized carbons (Fsp3) is 0.333. The molecule has 1 unspecified atom stereocenters. The molecule has 0 aliphatic carbocycles. The van der Waals surface area contributed by atoms with Gasteiger partial charge in [-0.15, -0.1) is 0 Å². The molecule has 0 radical (unpaired) electrons. The monoisotopic (exact) mass is 242 g/mol. The van der Waals surface area contributed by atoms with Crippen molar-refractivity contribution in [1.82, 2.24) is 0 Å². The van der Waals surface area contributed by atoms with E-state index in [2.05, 4.69) is 25.0 Å². The van der Waals surface area contributed by atoms with E-state index in [0.29, 0.717) is 5.56 Å². The number of hydrogen-bond acceptors (Lipinski definition) is 2. The van der Waals surface area contributed by atoms with Crippen LogP contribution < -0.4 is 0 Å². The van der Waals surface area contributed by atoms with Crippen LogP contribution in [0.3, 0.4) is 0 Å². The van der Waals surface area contributed by atoms with Gasteiger partial charge in [0.05, 0.1) is 0 Å². The van der Waals surface area contributed by atoms with Crippen LogP contribution >= 0.6 is 8.25 Å². The molecule has 0 saturated heterocycles. The molecule has 4 heteroatoms. The highest BCUT2D eigenvalue weighted by Gasteiger charge is 2.00. The Kier molecular flexibility index (Phi) is 8.59. The first-order chi connectivity index (χ1) is 7.61. The Bertz CT molecular complexity index is 320. The molecule has 16 heavy (non-hydrogen) atoms. The quantitative estimate of drug-likeness (QED) is 0.644. The van der Waals surface area contributed by atoms with Gasteiger partial charge in [0.2, 0.25) is 0 Å². The Morgan fingerprint density at radius 2 is 1.81 bits per heavy atom. The van der Waals surface area contributed by atoms with Gasteiger partial charge >= 0.3 is 8.25 Å². The Labute approximate surface area is 97.7 Å². The van der Waals surface area contributed by atoms with Crippen molar-refractivity contribution in [3.8, 4) is 0 Å². The van der Waals surface area contributed by atoms with Gasteiger partial charge in [-0.25, -0.2) is 4.57 Å². The fourth-order valence-corrected chi connectivity index (χ4v) is 1.12. The Balaban J connectivity index is 0.000000487. The van der Waals surface area contributed by atoms with Gasteiger partial charge in [0.25, 0.3) is 0 Å². The first-order valence-corrected chi connectivity index (χ1v) is 6.53. The minimum atomic E-state index is -2.93. The van der Waals surface area contributed by atoms with Gasteiger partial charge < -0.3 is 9.42 Å². The third kappa shape index (κ3) is 7.27. The second-order valence-corrected chi connectivity index (χ2v) is 3.89. The van der Waals surface area contributed by atoms with Gasteiger partial charge in [-0.05, 0) is 0 Å². The predicted molar refractivity (Wildman–Crippen MR) is 68.4 cm³/mol. The lowest BCUT2D eigenvalue weighted by atomic mass is 10.2. The van der Waals surface area contributed by atoms with E-state index in [0.717, 1.165) is 0 Å². The van der Waals surface area contributed by atoms with E-state index in [1.54, 1.807) is 24.3 Å². The maximum absolute atomic E-state index is 10.3. The van der Waals surface area contributed by atoms with E-state index in [1.807, 2.05) is 6.07 Å². The summed E-state index contributed by atoms with van der Waals surface area (Å²) in [6.07, 6.45) is 2.64. The molecule has 1 atom stereocenters. The molecule has 1 N–H and O–H groups in total. The molecule has 1 rings (SSSR count). The molecular formula is C12H19O3P. The van der Waals surface area contributed by atoms with Crippen LogP contribution in [-0.2, 0) is 9.09 Å². The first kappa shape index (κ1) is 14.9. The zero-order chi connectivity index (χ0) is 12.4. The van der Waals surface area contributed by atoms with Crippen LogP contribution in [0.5, 0.6) is 0 Å². The zero-order valence-corrected chi connectivity index (χ0v) is 10.8. The van der Waals surface area contributed by atoms with E-state index in [4.69, 9.17) is 4.89 Å². The number of hydrogen-bond donors (Lipinski definition) is 1. The van der Waals surface area contributed by atoms with E-state index >= 15 is 0 Å². The molecule has 0 aliphatic heterocycles. The second-order valence-electron chi connectivity index (χ2n) is 3.16. The van der Waals surface area contributed by atoms with E-state index in [9.17, 15) is 4.57 Å². The Morgan fingerprint density at radius 1 is 1.31 bits per heavy atom. The van der Waals surface area contributed by atoms with E-state index < -0.39 is 8.25 Å². The van der Waals surface area contributed by atoms with Crippen molar-refractivity contribution in [3.05, 3.63) is 42.5 Å². The molecule has 0 bridgehead atoms. The Hall–Kier alpha value is -1.05. The SMILES string of the molecule is C=C(O[PH](=O)O)c1ccccc1.CCCC. The maximum Gasteiger partial charge on any atom is 0.365 e. The van der Waals surface area contributed by atoms with Gasteiger partial charge in [-0.3, -0.25) is 0 Å². The zero-order valence-electron chi connectivity index (χ0n) is 9.77. The van der Waals surface area contributed by atoms with Crippen molar-refractivity contribution in [2.45, 2.75) is 26.7 Å².